The third kappa shape index (κ3) is 47.8. The van der Waals surface area contributed by atoms with Gasteiger partial charge in [0.05, 0.1) is 64.7 Å². The summed E-state index contributed by atoms with van der Waals surface area (Å²) < 4.78 is 6.60. The number of aliphatic hydroxyl groups excluding tert-OH is 1. The van der Waals surface area contributed by atoms with Gasteiger partial charge in [-0.2, -0.15) is 15.5 Å². The Balaban J connectivity index is 0.000000808. The van der Waals surface area contributed by atoms with Crippen molar-refractivity contribution in [3.05, 3.63) is 340 Å². The smallest absolute Gasteiger partial charge is 0.300 e. The first kappa shape index (κ1) is 126. The number of ketones is 8. The van der Waals surface area contributed by atoms with Crippen molar-refractivity contribution < 1.29 is 82.3 Å². The normalized spacial score (nSPS) is 9.82. The molecular formula is C101H115ClIN17O17S6. The highest BCUT2D eigenvalue weighted by atomic mass is 127. The number of carbonyl (C=O) groups is 13. The van der Waals surface area contributed by atoms with Crippen LogP contribution < -0.4 is 32.1 Å². The highest BCUT2D eigenvalue weighted by molar-refractivity contribution is 14.1. The van der Waals surface area contributed by atoms with E-state index >= 15 is 0 Å². The van der Waals surface area contributed by atoms with E-state index in [2.05, 4.69) is 64.6 Å². The third-order valence-corrected chi connectivity index (χ3v) is 22.3. The van der Waals surface area contributed by atoms with Gasteiger partial charge in [0.25, 0.3) is 5.97 Å². The molecule has 143 heavy (non-hydrogen) atoms. The first-order valence-corrected chi connectivity index (χ1v) is 49.2. The number of amides is 4. The van der Waals surface area contributed by atoms with Gasteiger partial charge in [0.2, 0.25) is 41.0 Å². The summed E-state index contributed by atoms with van der Waals surface area (Å²) >= 11 is 10.9. The summed E-state index contributed by atoms with van der Waals surface area (Å²) in [4.78, 5) is 167. The van der Waals surface area contributed by atoms with E-state index in [9.17, 15) is 57.5 Å². The number of aliphatic carboxylic acids is 1. The number of nitriles is 1. The quantitative estimate of drug-likeness (QED) is 0.00695. The van der Waals surface area contributed by atoms with Gasteiger partial charge in [0.1, 0.15) is 17.5 Å². The predicted molar refractivity (Wildman–Crippen MR) is 584 cm³/mol. The second kappa shape index (κ2) is 69.9. The summed E-state index contributed by atoms with van der Waals surface area (Å²) in [5.74, 6) is 3.08. The fourth-order valence-electron chi connectivity index (χ4n) is 10.4. The topological polar surface area (TPSA) is 487 Å². The number of hydrogen-bond donors (Lipinski definition) is 8. The molecule has 14 aromatic rings. The van der Waals surface area contributed by atoms with Gasteiger partial charge in [-0.25, -0.2) is 15.4 Å². The van der Waals surface area contributed by atoms with Crippen molar-refractivity contribution in [2.24, 2.45) is 5.90 Å². The van der Waals surface area contributed by atoms with Gasteiger partial charge < -0.3 is 65.7 Å². The van der Waals surface area contributed by atoms with Crippen LogP contribution in [0.15, 0.2) is 292 Å². The molecule has 10 aromatic heterocycles. The van der Waals surface area contributed by atoms with Crippen molar-refractivity contribution in [3.8, 4) is 28.0 Å². The molecule has 0 bridgehead atoms. The summed E-state index contributed by atoms with van der Waals surface area (Å²) in [6.07, 6.45) is 17.6. The summed E-state index contributed by atoms with van der Waals surface area (Å²) in [5, 5.41) is 60.5. The Morgan fingerprint density at radius 3 is 1.29 bits per heavy atom. The van der Waals surface area contributed by atoms with Crippen molar-refractivity contribution >= 4 is 213 Å². The third-order valence-electron chi connectivity index (χ3n) is 17.0. The van der Waals surface area contributed by atoms with E-state index < -0.39 is 5.97 Å². The molecule has 0 radical (unpaired) electrons. The molecule has 0 saturated carbocycles. The highest BCUT2D eigenvalue weighted by Gasteiger charge is 2.21. The number of carbonyl (C=O) groups excluding carboxylic acids is 12. The number of nitrogens with zero attached hydrogens (tertiary/aromatic N) is 12. The molecule has 10 heterocycles. The standard InChI is InChI=1S/C20H16N4O2S.C14H18N2O2.C13H16N2O2.C10H10N2OS.C10H11NO2.C9H11NOS.C8H7N3OS.C7H5NOS.C6H6OS.C2H4O2.CH3I.CH4O.ClH.H3NO/c1-13(25)23(2)15-6-3-5-14(11-15)17-8-9-21-20-16(12-22-24(17)20)19(26)18-7-4-10-27-18;1-11(17)16(4)13-7-5-6-12(10-13)14(18)8-9-15(2)3;1-10(16)14-12-6-4-5-11(9-12)13(17)7-8-15(2)3;1-12(2)7-8(6-11)10(13)9-4-3-5-14-9;1-7(12)9-4-3-5-10(6-9)11-8(2)13;1-10(2)6-5-8(11)9-4-3-7-12-9;9-8-5(4-10-11-8)7(12)6-2-1-3-13-6;1-2-7(10-5-1)6-3-4-8-9-6;1-5(7)6-3-2-4-8-6;1-2(3)4;2*1-2;;1-2/h3-12H,1-2H3;5-10H,1-4H3;4-9H,1-3H3,(H,14,16);3-5,7H,1-2H3;3-6H,1-2H3,(H,11,13);3-7H,1-2H3;1-4H,(H3,9,10,11);1-5H;2-4H,1H3;1H3,(H,3,4);1H3;2H,1H3;1H;2H,1H2/b;9-8+;2*8-7+;;6-5+;;;;;;;;. The molecule has 14 rings (SSSR count). The Labute approximate surface area is 874 Å². The number of fused-ring (bicyclic) bond motifs is 1. The number of nitrogens with two attached hydrogens (primary N) is 2. The van der Waals surface area contributed by atoms with Crippen LogP contribution in [0.1, 0.15) is 139 Å². The maximum atomic E-state index is 12.7. The van der Waals surface area contributed by atoms with E-state index in [-0.39, 0.29) is 87.9 Å². The molecule has 0 unspecified atom stereocenters. The van der Waals surface area contributed by atoms with Crippen molar-refractivity contribution in [3.63, 3.8) is 0 Å². The number of Topliss-reactive ketones (excluding diaryl/α,β-unsaturated/α-hetero) is 3. The Bertz CT molecular complexity index is 6400. The molecule has 4 amide bonds. The summed E-state index contributed by atoms with van der Waals surface area (Å²) in [7, 11) is 19.1. The lowest BCUT2D eigenvalue weighted by atomic mass is 10.1. The van der Waals surface area contributed by atoms with Crippen LogP contribution >= 0.6 is 103 Å². The minimum absolute atomic E-state index is 0. The summed E-state index contributed by atoms with van der Waals surface area (Å²) in [5.41, 5.74) is 13.3. The molecule has 4 aromatic carbocycles. The molecule has 0 aliphatic rings. The van der Waals surface area contributed by atoms with Crippen LogP contribution in [0.4, 0.5) is 28.6 Å². The van der Waals surface area contributed by atoms with Crippen LogP contribution in [0, 0.1) is 11.3 Å². The summed E-state index contributed by atoms with van der Waals surface area (Å²) in [6, 6.07) is 56.1. The largest absolute Gasteiger partial charge is 0.481 e. The number of alkyl halides is 1. The number of nitrogens with one attached hydrogen (secondary N) is 3. The first-order valence-electron chi connectivity index (χ1n) is 41.8. The second-order valence-electron chi connectivity index (χ2n) is 29.0. The van der Waals surface area contributed by atoms with Gasteiger partial charge in [0.15, 0.2) is 40.3 Å². The monoisotopic (exact) mass is 2190 g/mol. The summed E-state index contributed by atoms with van der Waals surface area (Å²) in [6.45, 7) is 10.0. The number of thiophene rings is 6. The van der Waals surface area contributed by atoms with Gasteiger partial charge in [-0.05, 0) is 142 Å². The Kier molecular flexibility index (Phi) is 61.7. The number of carboxylic acid groups (broad SMARTS) is 1. The van der Waals surface area contributed by atoms with Crippen molar-refractivity contribution in [1.82, 2.24) is 49.6 Å². The SMILES string of the molecule is CC(=O)N(C)c1cccc(-c2ccnc3c(C(=O)c4cccs4)cnn23)c1.CC(=O)N(C)c1cccc(C(=O)/C=C/N(C)C)c1.CC(=O)Nc1cccc(C(=O)/C=C/N(C)C)c1.CC(=O)Nc1cccc(C(C)=O)c1.CC(=O)O.CC(=O)c1cccs1.CI.CN(C)/C=C(\C#N)C(=O)c1cccs1.CN(C)/C=C/C(=O)c1cccs1.CO.Cl.NO.Nc1[nH]ncc1C(=O)c1cccs1.c1csc(-c2ccno2)c1. The number of carboxylic acids is 1. The lowest BCUT2D eigenvalue weighted by molar-refractivity contribution is -0.134. The van der Waals surface area contributed by atoms with Gasteiger partial charge in [0, 0.05) is 212 Å². The molecule has 0 atom stereocenters. The highest BCUT2D eigenvalue weighted by Crippen LogP contribution is 2.29. The average Bonchev–Trinajstić information content (AvgIpc) is 1.72. The number of benzene rings is 4. The molecule has 0 fully saturated rings. The number of nitrogen functional groups attached to an aromatic ring is 1. The Morgan fingerprint density at radius 2 is 0.895 bits per heavy atom. The van der Waals surface area contributed by atoms with E-state index in [1.807, 2.05) is 175 Å². The number of aromatic amines is 1. The lowest BCUT2D eigenvalue weighted by Crippen LogP contribution is -2.22. The number of H-pyrrole nitrogens is 1. The maximum absolute atomic E-state index is 12.7. The molecule has 34 nitrogen and oxygen atoms in total. The molecule has 0 saturated heterocycles. The Morgan fingerprint density at radius 1 is 0.476 bits per heavy atom. The van der Waals surface area contributed by atoms with E-state index in [0.29, 0.717) is 71.0 Å². The van der Waals surface area contributed by atoms with Crippen molar-refractivity contribution in [2.45, 2.75) is 48.5 Å². The van der Waals surface area contributed by atoms with Gasteiger partial charge in [-0.3, -0.25) is 67.4 Å². The fraction of sp³-hybridized carbons (Fsp3) is 0.188. The zero-order chi connectivity index (χ0) is 107. The molecule has 10 N–H and O–H groups in total. The zero-order valence-electron chi connectivity index (χ0n) is 81.9. The number of hydrogen-bond acceptors (Lipinski definition) is 33. The lowest BCUT2D eigenvalue weighted by Gasteiger charge is -2.16. The number of halogens is 2. The predicted octanol–water partition coefficient (Wildman–Crippen LogP) is 19.4. The number of aromatic nitrogens is 6. The fourth-order valence-corrected chi connectivity index (χ4v) is 14.4. The second-order valence-corrected chi connectivity index (χ2v) is 34.7. The van der Waals surface area contributed by atoms with E-state index in [4.69, 9.17) is 35.7 Å². The molecule has 0 aliphatic heterocycles. The first-order chi connectivity index (χ1) is 67.7. The van der Waals surface area contributed by atoms with E-state index in [1.165, 1.54) is 121 Å². The van der Waals surface area contributed by atoms with Crippen LogP contribution in [0.25, 0.3) is 27.5 Å². The zero-order valence-corrected chi connectivity index (χ0v) is 89.8. The van der Waals surface area contributed by atoms with Crippen LogP contribution in [-0.4, -0.2) is 223 Å². The Hall–Kier alpha value is -14.8. The maximum Gasteiger partial charge on any atom is 0.300 e. The van der Waals surface area contributed by atoms with Crippen LogP contribution in [0.3, 0.4) is 0 Å². The number of aliphatic hydroxyl groups is 1. The average molecular weight is 2190 g/mol. The van der Waals surface area contributed by atoms with Crippen molar-refractivity contribution in [1.29, 1.82) is 5.26 Å². The number of allylic oxidation sites excluding steroid dienone is 4. The van der Waals surface area contributed by atoms with Gasteiger partial charge in [-0.15, -0.1) is 80.4 Å². The van der Waals surface area contributed by atoms with E-state index in [0.717, 1.165) is 51.4 Å². The molecule has 756 valence electrons. The molecule has 0 aliphatic carbocycles. The van der Waals surface area contributed by atoms with Crippen LogP contribution in [0.2, 0.25) is 0 Å². The van der Waals surface area contributed by atoms with E-state index in [1.54, 1.807) is 211 Å². The van der Waals surface area contributed by atoms with Crippen molar-refractivity contribution in [2.75, 3.05) is 109 Å². The molecule has 42 heteroatoms. The molecule has 0 spiro atoms. The van der Waals surface area contributed by atoms with Gasteiger partial charge >= 0.3 is 0 Å². The minimum Gasteiger partial charge on any atom is -0.481 e. The number of rotatable bonds is 24. The molecular weight excluding hydrogens is 2080 g/mol. The number of anilines is 5. The van der Waals surface area contributed by atoms with Crippen LogP contribution in [0.5, 0.6) is 0 Å². The van der Waals surface area contributed by atoms with Crippen LogP contribution in [-0.2, 0) is 24.0 Å². The van der Waals surface area contributed by atoms with Gasteiger partial charge in [-0.1, -0.05) is 113 Å². The minimum atomic E-state index is -0.833.